The van der Waals surface area contributed by atoms with Gasteiger partial charge in [0.2, 0.25) is 0 Å². The molecule has 1 saturated heterocycles. The Morgan fingerprint density at radius 1 is 1.11 bits per heavy atom. The van der Waals surface area contributed by atoms with Crippen molar-refractivity contribution in [3.05, 3.63) is 41.0 Å². The second-order valence-corrected chi connectivity index (χ2v) is 8.34. The quantitative estimate of drug-likeness (QED) is 0.443. The fourth-order valence-corrected chi connectivity index (χ4v) is 4.13. The van der Waals surface area contributed by atoms with E-state index in [1.165, 1.54) is 21.1 Å². The number of likely N-dealkylation sites (N-methyl/N-ethyl adjacent to an activating group) is 2. The monoisotopic (exact) mass is 397 g/mol. The molecule has 1 aromatic rings. The number of fused-ring (bicyclic) bond motifs is 1. The Hall–Kier alpha value is -2.47. The Balaban J connectivity index is 2.06. The van der Waals surface area contributed by atoms with Gasteiger partial charge in [-0.1, -0.05) is 19.1 Å². The Labute approximate surface area is 172 Å². The molecule has 0 bridgehead atoms. The van der Waals surface area contributed by atoms with Crippen molar-refractivity contribution in [3.8, 4) is 0 Å². The van der Waals surface area contributed by atoms with Crippen LogP contribution < -0.4 is 4.90 Å². The summed E-state index contributed by atoms with van der Waals surface area (Å²) < 4.78 is 0. The van der Waals surface area contributed by atoms with E-state index in [-0.39, 0.29) is 28.0 Å². The van der Waals surface area contributed by atoms with E-state index in [1.54, 1.807) is 20.2 Å². The van der Waals surface area contributed by atoms with Gasteiger partial charge < -0.3 is 4.90 Å². The lowest BCUT2D eigenvalue weighted by atomic mass is 9.87. The molecule has 2 amide bonds. The minimum atomic E-state index is -0.369. The number of amides is 2. The summed E-state index contributed by atoms with van der Waals surface area (Å²) in [4.78, 5) is 30.2. The number of allylic oxidation sites excluding steroid dienone is 1. The minimum Gasteiger partial charge on any atom is -0.362 e. The highest BCUT2D eigenvalue weighted by Gasteiger charge is 2.35. The van der Waals surface area contributed by atoms with E-state index in [1.807, 2.05) is 6.07 Å². The third kappa shape index (κ3) is 3.26. The summed E-state index contributed by atoms with van der Waals surface area (Å²) in [6, 6.07) is 6.11. The van der Waals surface area contributed by atoms with Crippen molar-refractivity contribution < 1.29 is 9.59 Å². The molecule has 1 aromatic carbocycles. The molecule has 0 spiro atoms. The van der Waals surface area contributed by atoms with E-state index in [2.05, 4.69) is 50.8 Å². The average molecular weight is 398 g/mol. The number of carbonyl (C=O) groups excluding carboxylic acids is 2. The first-order chi connectivity index (χ1) is 13.1. The number of thiocarbonyl (C=S) groups is 1. The van der Waals surface area contributed by atoms with Crippen molar-refractivity contribution in [2.24, 2.45) is 0 Å². The van der Waals surface area contributed by atoms with Crippen molar-refractivity contribution in [1.82, 2.24) is 9.80 Å². The maximum atomic E-state index is 12.6. The summed E-state index contributed by atoms with van der Waals surface area (Å²) in [5, 5.41) is 0.216. The minimum absolute atomic E-state index is 0.0521. The number of rotatable bonds is 3. The van der Waals surface area contributed by atoms with Gasteiger partial charge in [0.25, 0.3) is 11.8 Å². The molecule has 3 rings (SSSR count). The molecule has 0 radical (unpaired) electrons. The van der Waals surface area contributed by atoms with E-state index in [4.69, 9.17) is 12.2 Å². The van der Waals surface area contributed by atoms with Crippen LogP contribution in [-0.4, -0.2) is 52.9 Å². The molecule has 0 saturated carbocycles. The van der Waals surface area contributed by atoms with Crippen molar-refractivity contribution in [2.45, 2.75) is 39.7 Å². The number of hydrogen-bond donors (Lipinski definition) is 0. The zero-order valence-corrected chi connectivity index (χ0v) is 18.2. The molecule has 0 unspecified atom stereocenters. The highest BCUT2D eigenvalue weighted by atomic mass is 32.1. The van der Waals surface area contributed by atoms with E-state index < -0.39 is 0 Å². The van der Waals surface area contributed by atoms with Crippen LogP contribution in [0.2, 0.25) is 0 Å². The van der Waals surface area contributed by atoms with Gasteiger partial charge in [0.15, 0.2) is 5.11 Å². The van der Waals surface area contributed by atoms with E-state index in [0.29, 0.717) is 0 Å². The molecule has 0 N–H and O–H groups in total. The van der Waals surface area contributed by atoms with Gasteiger partial charge in [0, 0.05) is 31.9 Å². The first kappa shape index (κ1) is 20.3. The molecule has 6 heteroatoms. The van der Waals surface area contributed by atoms with Gasteiger partial charge in [-0.25, -0.2) is 0 Å². The lowest BCUT2D eigenvalue weighted by molar-refractivity contribution is -0.132. The SMILES string of the molecule is CCCN1c2ccc(C=C3C(=O)N(C)C(=S)N(C)C3=O)cc2C(C)=CC1(C)C. The standard InChI is InChI=1S/C22H27N3O2S/c1-7-10-25-18-9-8-15(11-16(18)14(2)13-22(25,3)4)12-17-19(26)23(5)21(28)24(6)20(17)27/h8-9,11-13H,7,10H2,1-6H3. The summed E-state index contributed by atoms with van der Waals surface area (Å²) in [6.45, 7) is 9.70. The van der Waals surface area contributed by atoms with Gasteiger partial charge in [-0.3, -0.25) is 19.4 Å². The predicted molar refractivity (Wildman–Crippen MR) is 118 cm³/mol. The van der Waals surface area contributed by atoms with E-state index >= 15 is 0 Å². The maximum Gasteiger partial charge on any atom is 0.265 e. The van der Waals surface area contributed by atoms with Crippen LogP contribution in [0.25, 0.3) is 11.6 Å². The Morgan fingerprint density at radius 2 is 1.71 bits per heavy atom. The van der Waals surface area contributed by atoms with Crippen LogP contribution in [-0.2, 0) is 9.59 Å². The Bertz CT molecular complexity index is 904. The van der Waals surface area contributed by atoms with Crippen LogP contribution in [0, 0.1) is 0 Å². The van der Waals surface area contributed by atoms with Crippen LogP contribution in [0.15, 0.2) is 29.8 Å². The van der Waals surface area contributed by atoms with Crippen LogP contribution in [0.1, 0.15) is 45.2 Å². The largest absolute Gasteiger partial charge is 0.362 e. The van der Waals surface area contributed by atoms with Gasteiger partial charge in [0.1, 0.15) is 5.57 Å². The van der Waals surface area contributed by atoms with Gasteiger partial charge in [-0.15, -0.1) is 0 Å². The fourth-order valence-electron chi connectivity index (χ4n) is 3.96. The molecule has 2 aliphatic rings. The second-order valence-electron chi connectivity index (χ2n) is 7.98. The van der Waals surface area contributed by atoms with Gasteiger partial charge >= 0.3 is 0 Å². The van der Waals surface area contributed by atoms with Gasteiger partial charge in [-0.2, -0.15) is 0 Å². The number of nitrogens with zero attached hydrogens (tertiary/aromatic N) is 3. The first-order valence-corrected chi connectivity index (χ1v) is 9.92. The van der Waals surface area contributed by atoms with Crippen LogP contribution in [0.5, 0.6) is 0 Å². The predicted octanol–water partition coefficient (Wildman–Crippen LogP) is 3.70. The molecule has 28 heavy (non-hydrogen) atoms. The third-order valence-corrected chi connectivity index (χ3v) is 5.95. The van der Waals surface area contributed by atoms with Crippen molar-refractivity contribution >= 4 is 46.5 Å². The molecular weight excluding hydrogens is 370 g/mol. The van der Waals surface area contributed by atoms with Crippen LogP contribution >= 0.6 is 12.2 Å². The van der Waals surface area contributed by atoms with Crippen LogP contribution in [0.4, 0.5) is 5.69 Å². The molecule has 0 aliphatic carbocycles. The van der Waals surface area contributed by atoms with E-state index in [9.17, 15) is 9.59 Å². The molecule has 2 heterocycles. The number of hydrogen-bond acceptors (Lipinski definition) is 4. The lowest BCUT2D eigenvalue weighted by Gasteiger charge is -2.43. The zero-order valence-electron chi connectivity index (χ0n) is 17.4. The smallest absolute Gasteiger partial charge is 0.265 e. The zero-order chi connectivity index (χ0) is 20.8. The fraction of sp³-hybridized carbons (Fsp3) is 0.409. The second kappa shape index (κ2) is 7.17. The Morgan fingerprint density at radius 3 is 2.29 bits per heavy atom. The van der Waals surface area contributed by atoms with Gasteiger partial charge in [-0.05, 0) is 68.8 Å². The molecular formula is C22H27N3O2S. The maximum absolute atomic E-state index is 12.6. The number of benzene rings is 1. The summed E-state index contributed by atoms with van der Waals surface area (Å²) >= 11 is 5.15. The Kier molecular flexibility index (Phi) is 5.19. The summed E-state index contributed by atoms with van der Waals surface area (Å²) in [5.74, 6) is -0.737. The van der Waals surface area contributed by atoms with Crippen molar-refractivity contribution in [3.63, 3.8) is 0 Å². The first-order valence-electron chi connectivity index (χ1n) is 9.51. The molecule has 5 nitrogen and oxygen atoms in total. The van der Waals surface area contributed by atoms with Crippen molar-refractivity contribution in [1.29, 1.82) is 0 Å². The molecule has 0 aromatic heterocycles. The molecule has 0 atom stereocenters. The summed E-state index contributed by atoms with van der Waals surface area (Å²) in [5.41, 5.74) is 4.42. The summed E-state index contributed by atoms with van der Waals surface area (Å²) in [6.07, 6.45) is 5.00. The van der Waals surface area contributed by atoms with Crippen LogP contribution in [0.3, 0.4) is 0 Å². The molecule has 148 valence electrons. The van der Waals surface area contributed by atoms with Crippen molar-refractivity contribution in [2.75, 3.05) is 25.5 Å². The van der Waals surface area contributed by atoms with E-state index in [0.717, 1.165) is 24.1 Å². The lowest BCUT2D eigenvalue weighted by Crippen LogP contribution is -2.52. The van der Waals surface area contributed by atoms with Gasteiger partial charge in [0.05, 0.1) is 5.54 Å². The third-order valence-electron chi connectivity index (χ3n) is 5.40. The highest BCUT2D eigenvalue weighted by Crippen LogP contribution is 2.39. The number of anilines is 1. The topological polar surface area (TPSA) is 43.9 Å². The highest BCUT2D eigenvalue weighted by molar-refractivity contribution is 7.80. The summed E-state index contributed by atoms with van der Waals surface area (Å²) in [7, 11) is 3.18. The molecule has 1 fully saturated rings. The normalized spacial score (nSPS) is 19.1. The average Bonchev–Trinajstić information content (AvgIpc) is 2.65. The molecule has 2 aliphatic heterocycles. The number of carbonyl (C=O) groups is 2.